The lowest BCUT2D eigenvalue weighted by atomic mass is 10.3. The van der Waals surface area contributed by atoms with Crippen LogP contribution in [0.3, 0.4) is 0 Å². The minimum atomic E-state index is -0.182. The molecule has 0 unspecified atom stereocenters. The number of nitrogens with one attached hydrogen (secondary N) is 1. The van der Waals surface area contributed by atoms with E-state index in [0.717, 1.165) is 5.56 Å². The maximum atomic E-state index is 11.5. The molecule has 0 radical (unpaired) electrons. The Morgan fingerprint density at radius 2 is 2.53 bits per heavy atom. The fourth-order valence-corrected chi connectivity index (χ4v) is 2.01. The van der Waals surface area contributed by atoms with E-state index in [4.69, 9.17) is 4.42 Å². The lowest BCUT2D eigenvalue weighted by Crippen LogP contribution is -2.22. The smallest absolute Gasteiger partial charge is 0.271 e. The first-order valence-corrected chi connectivity index (χ1v) is 5.83. The van der Waals surface area contributed by atoms with Crippen molar-refractivity contribution >= 4 is 33.2 Å². The van der Waals surface area contributed by atoms with Gasteiger partial charge in [-0.1, -0.05) is 0 Å². The molecule has 0 aliphatic rings. The summed E-state index contributed by atoms with van der Waals surface area (Å²) < 4.78 is 5.59. The van der Waals surface area contributed by atoms with Crippen LogP contribution in [0, 0.1) is 0 Å². The molecule has 1 amide bonds. The number of amides is 1. The van der Waals surface area contributed by atoms with Crippen LogP contribution in [0.5, 0.6) is 0 Å². The van der Waals surface area contributed by atoms with Gasteiger partial charge in [-0.2, -0.15) is 0 Å². The summed E-state index contributed by atoms with van der Waals surface area (Å²) in [4.78, 5) is 15.5. The highest BCUT2D eigenvalue weighted by Gasteiger charge is 2.09. The average molecular weight is 287 g/mol. The van der Waals surface area contributed by atoms with Gasteiger partial charge in [-0.15, -0.1) is 11.3 Å². The summed E-state index contributed by atoms with van der Waals surface area (Å²) >= 11 is 4.58. The molecule has 4 nitrogen and oxygen atoms in total. The summed E-state index contributed by atoms with van der Waals surface area (Å²) in [6, 6.07) is 1.80. The molecular formula is C9H7BrN2O2S. The molecule has 0 atom stereocenters. The number of aromatic nitrogens is 1. The summed E-state index contributed by atoms with van der Waals surface area (Å²) in [5.41, 5.74) is 1.35. The van der Waals surface area contributed by atoms with Crippen molar-refractivity contribution in [3.63, 3.8) is 0 Å². The molecule has 2 aromatic heterocycles. The number of hydrogen-bond donors (Lipinski definition) is 1. The number of thiazole rings is 1. The number of halogens is 1. The van der Waals surface area contributed by atoms with E-state index < -0.39 is 0 Å². The van der Waals surface area contributed by atoms with Crippen molar-refractivity contribution in [2.24, 2.45) is 0 Å². The van der Waals surface area contributed by atoms with E-state index in [0.29, 0.717) is 16.2 Å². The van der Waals surface area contributed by atoms with E-state index in [9.17, 15) is 4.79 Å². The summed E-state index contributed by atoms with van der Waals surface area (Å²) in [6.45, 7) is 0.449. The van der Waals surface area contributed by atoms with Gasteiger partial charge < -0.3 is 9.73 Å². The van der Waals surface area contributed by atoms with Gasteiger partial charge in [0, 0.05) is 17.5 Å². The molecule has 0 saturated heterocycles. The fraction of sp³-hybridized carbons (Fsp3) is 0.111. The van der Waals surface area contributed by atoms with E-state index in [-0.39, 0.29) is 5.91 Å². The van der Waals surface area contributed by atoms with Gasteiger partial charge in [0.2, 0.25) is 0 Å². The number of rotatable bonds is 3. The maximum Gasteiger partial charge on any atom is 0.271 e. The number of carbonyl (C=O) groups excluding carboxylic acids is 1. The van der Waals surface area contributed by atoms with Crippen molar-refractivity contribution in [1.82, 2.24) is 10.3 Å². The predicted molar refractivity (Wildman–Crippen MR) is 59.7 cm³/mol. The van der Waals surface area contributed by atoms with Gasteiger partial charge >= 0.3 is 0 Å². The molecule has 6 heteroatoms. The Labute approximate surface area is 98.5 Å². The Morgan fingerprint density at radius 3 is 3.13 bits per heavy atom. The lowest BCUT2D eigenvalue weighted by Gasteiger charge is -1.99. The molecule has 2 rings (SSSR count). The van der Waals surface area contributed by atoms with Gasteiger partial charge in [0.1, 0.15) is 5.69 Å². The van der Waals surface area contributed by atoms with Crippen molar-refractivity contribution in [2.75, 3.05) is 0 Å². The largest absolute Gasteiger partial charge is 0.472 e. The number of carbonyl (C=O) groups is 1. The van der Waals surface area contributed by atoms with E-state index >= 15 is 0 Å². The molecule has 0 aliphatic heterocycles. The van der Waals surface area contributed by atoms with E-state index in [1.807, 2.05) is 0 Å². The van der Waals surface area contributed by atoms with E-state index in [1.54, 1.807) is 24.0 Å². The van der Waals surface area contributed by atoms with Crippen molar-refractivity contribution in [3.05, 3.63) is 39.1 Å². The van der Waals surface area contributed by atoms with Gasteiger partial charge in [-0.3, -0.25) is 4.79 Å². The van der Waals surface area contributed by atoms with Gasteiger partial charge in [0.15, 0.2) is 3.92 Å². The van der Waals surface area contributed by atoms with Crippen LogP contribution in [0.15, 0.2) is 32.3 Å². The second-order valence-corrected chi connectivity index (χ2v) is 4.93. The first-order chi connectivity index (χ1) is 7.25. The van der Waals surface area contributed by atoms with E-state index in [1.165, 1.54) is 11.3 Å². The second kappa shape index (κ2) is 4.59. The van der Waals surface area contributed by atoms with Gasteiger partial charge in [0.05, 0.1) is 12.5 Å². The van der Waals surface area contributed by atoms with Crippen molar-refractivity contribution in [2.45, 2.75) is 6.54 Å². The SMILES string of the molecule is O=C(NCc1ccoc1)c1csc(Br)n1. The normalized spacial score (nSPS) is 10.2. The van der Waals surface area contributed by atoms with Crippen LogP contribution in [0.2, 0.25) is 0 Å². The lowest BCUT2D eigenvalue weighted by molar-refractivity contribution is 0.0946. The fourth-order valence-electron chi connectivity index (χ4n) is 1.02. The molecule has 2 aromatic rings. The number of furan rings is 1. The van der Waals surface area contributed by atoms with Crippen LogP contribution in [0.4, 0.5) is 0 Å². The average Bonchev–Trinajstić information content (AvgIpc) is 2.84. The Kier molecular flexibility index (Phi) is 3.17. The summed E-state index contributed by atoms with van der Waals surface area (Å²) in [7, 11) is 0. The molecule has 0 saturated carbocycles. The Balaban J connectivity index is 1.93. The van der Waals surface area contributed by atoms with Crippen LogP contribution >= 0.6 is 27.3 Å². The van der Waals surface area contributed by atoms with Gasteiger partial charge in [-0.25, -0.2) is 4.98 Å². The molecule has 0 fully saturated rings. The zero-order chi connectivity index (χ0) is 10.7. The van der Waals surface area contributed by atoms with Crippen LogP contribution in [0.1, 0.15) is 16.1 Å². The Bertz CT molecular complexity index is 452. The van der Waals surface area contributed by atoms with Gasteiger partial charge in [0.25, 0.3) is 5.91 Å². The molecule has 0 spiro atoms. The highest BCUT2D eigenvalue weighted by Crippen LogP contribution is 2.15. The molecule has 78 valence electrons. The highest BCUT2D eigenvalue weighted by molar-refractivity contribution is 9.11. The first-order valence-electron chi connectivity index (χ1n) is 4.16. The summed E-state index contributed by atoms with van der Waals surface area (Å²) in [6.07, 6.45) is 3.16. The highest BCUT2D eigenvalue weighted by atomic mass is 79.9. The van der Waals surface area contributed by atoms with E-state index in [2.05, 4.69) is 26.2 Å². The molecule has 15 heavy (non-hydrogen) atoms. The topological polar surface area (TPSA) is 55.1 Å². The van der Waals surface area contributed by atoms with Crippen molar-refractivity contribution < 1.29 is 9.21 Å². The molecule has 1 N–H and O–H groups in total. The van der Waals surface area contributed by atoms with Crippen LogP contribution < -0.4 is 5.32 Å². The number of nitrogens with zero attached hydrogens (tertiary/aromatic N) is 1. The molecular weight excluding hydrogens is 280 g/mol. The third kappa shape index (κ3) is 2.66. The standard InChI is InChI=1S/C9H7BrN2O2S/c10-9-12-7(5-15-9)8(13)11-3-6-1-2-14-4-6/h1-2,4-5H,3H2,(H,11,13). The second-order valence-electron chi connectivity index (χ2n) is 2.80. The minimum absolute atomic E-state index is 0.182. The molecule has 0 aliphatic carbocycles. The van der Waals surface area contributed by atoms with Crippen LogP contribution in [-0.4, -0.2) is 10.9 Å². The molecule has 0 bridgehead atoms. The van der Waals surface area contributed by atoms with Crippen molar-refractivity contribution in [1.29, 1.82) is 0 Å². The third-order valence-electron chi connectivity index (χ3n) is 1.74. The predicted octanol–water partition coefficient (Wildman–Crippen LogP) is 2.43. The minimum Gasteiger partial charge on any atom is -0.472 e. The maximum absolute atomic E-state index is 11.5. The molecule has 2 heterocycles. The summed E-state index contributed by atoms with van der Waals surface area (Å²) in [5, 5.41) is 4.44. The Hall–Kier alpha value is -1.14. The molecule has 0 aromatic carbocycles. The zero-order valence-corrected chi connectivity index (χ0v) is 9.97. The Morgan fingerprint density at radius 1 is 1.67 bits per heavy atom. The van der Waals surface area contributed by atoms with Crippen LogP contribution in [-0.2, 0) is 6.54 Å². The number of hydrogen-bond acceptors (Lipinski definition) is 4. The van der Waals surface area contributed by atoms with Gasteiger partial charge in [-0.05, 0) is 22.0 Å². The third-order valence-corrected chi connectivity index (χ3v) is 3.11. The monoisotopic (exact) mass is 286 g/mol. The first kappa shape index (κ1) is 10.4. The van der Waals surface area contributed by atoms with Crippen molar-refractivity contribution in [3.8, 4) is 0 Å². The van der Waals surface area contributed by atoms with Crippen LogP contribution in [0.25, 0.3) is 0 Å². The summed E-state index contributed by atoms with van der Waals surface area (Å²) in [5.74, 6) is -0.182. The zero-order valence-electron chi connectivity index (χ0n) is 7.57. The quantitative estimate of drug-likeness (QED) is 0.943.